The molecule has 5 heteroatoms. The number of nitrogens with zero attached hydrogens (tertiary/aromatic N) is 2. The number of carbonyl (C=O) groups is 2. The second-order valence-electron chi connectivity index (χ2n) is 8.59. The summed E-state index contributed by atoms with van der Waals surface area (Å²) >= 11 is 0. The highest BCUT2D eigenvalue weighted by atomic mass is 16.2. The minimum absolute atomic E-state index is 0.0477. The van der Waals surface area contributed by atoms with E-state index in [1.165, 1.54) is 11.1 Å². The molecule has 1 unspecified atom stereocenters. The van der Waals surface area contributed by atoms with Gasteiger partial charge in [-0.2, -0.15) is 0 Å². The normalized spacial score (nSPS) is 15.8. The van der Waals surface area contributed by atoms with Crippen LogP contribution in [0.15, 0.2) is 60.7 Å². The number of hydrogen-bond donors (Lipinski definition) is 1. The van der Waals surface area contributed by atoms with E-state index in [0.717, 1.165) is 19.5 Å². The fraction of sp³-hybridized carbons (Fsp3) is 0.462. The first-order chi connectivity index (χ1) is 15.0. The molecule has 1 aliphatic heterocycles. The quantitative estimate of drug-likeness (QED) is 0.704. The van der Waals surface area contributed by atoms with Crippen LogP contribution in [0.25, 0.3) is 0 Å². The van der Waals surface area contributed by atoms with Gasteiger partial charge >= 0.3 is 0 Å². The molecule has 1 saturated heterocycles. The number of benzene rings is 2. The number of rotatable bonds is 8. The van der Waals surface area contributed by atoms with Crippen molar-refractivity contribution in [3.05, 3.63) is 71.8 Å². The molecule has 31 heavy (non-hydrogen) atoms. The molecule has 1 atom stereocenters. The van der Waals surface area contributed by atoms with Crippen LogP contribution >= 0.6 is 0 Å². The standard InChI is InChI=1S/C26H35N3O2/c1-4-11-23(27-25(30)20(2)3)26(31)29-18-16-28(17-19-29)24(21-12-7-5-8-13-21)22-14-9-6-10-15-22/h5-10,12-15,20,23-24H,4,11,16-19H2,1-3H3,(H,27,30). The minimum Gasteiger partial charge on any atom is -0.344 e. The second kappa shape index (κ2) is 11.1. The van der Waals surface area contributed by atoms with E-state index < -0.39 is 6.04 Å². The lowest BCUT2D eigenvalue weighted by molar-refractivity contribution is -0.139. The summed E-state index contributed by atoms with van der Waals surface area (Å²) in [4.78, 5) is 29.7. The van der Waals surface area contributed by atoms with Crippen molar-refractivity contribution < 1.29 is 9.59 Å². The Morgan fingerprint density at radius 2 is 1.39 bits per heavy atom. The smallest absolute Gasteiger partial charge is 0.245 e. The Hall–Kier alpha value is -2.66. The highest BCUT2D eigenvalue weighted by Gasteiger charge is 2.31. The molecule has 1 N–H and O–H groups in total. The van der Waals surface area contributed by atoms with Crippen LogP contribution in [0.3, 0.4) is 0 Å². The molecule has 5 nitrogen and oxygen atoms in total. The highest BCUT2D eigenvalue weighted by molar-refractivity contribution is 5.88. The molecule has 3 rings (SSSR count). The topological polar surface area (TPSA) is 52.7 Å². The van der Waals surface area contributed by atoms with Crippen LogP contribution < -0.4 is 5.32 Å². The Labute approximate surface area is 186 Å². The monoisotopic (exact) mass is 421 g/mol. The third kappa shape index (κ3) is 5.95. The average molecular weight is 422 g/mol. The third-order valence-electron chi connectivity index (χ3n) is 5.94. The largest absolute Gasteiger partial charge is 0.344 e. The minimum atomic E-state index is -0.425. The Morgan fingerprint density at radius 3 is 1.84 bits per heavy atom. The van der Waals surface area contributed by atoms with Crippen LogP contribution in [0.1, 0.15) is 50.8 Å². The van der Waals surface area contributed by atoms with Gasteiger partial charge in [0.05, 0.1) is 6.04 Å². The number of amides is 2. The molecule has 0 aromatic heterocycles. The first kappa shape index (κ1) is 23.0. The fourth-order valence-electron chi connectivity index (χ4n) is 4.19. The Balaban J connectivity index is 1.70. The Morgan fingerprint density at radius 1 is 0.871 bits per heavy atom. The zero-order chi connectivity index (χ0) is 22.2. The lowest BCUT2D eigenvalue weighted by Gasteiger charge is -2.40. The van der Waals surface area contributed by atoms with Crippen LogP contribution in [0.4, 0.5) is 0 Å². The summed E-state index contributed by atoms with van der Waals surface area (Å²) in [6.07, 6.45) is 1.53. The predicted molar refractivity (Wildman–Crippen MR) is 125 cm³/mol. The predicted octanol–water partition coefficient (Wildman–Crippen LogP) is 3.86. The van der Waals surface area contributed by atoms with Gasteiger partial charge in [0.25, 0.3) is 0 Å². The highest BCUT2D eigenvalue weighted by Crippen LogP contribution is 2.29. The zero-order valence-electron chi connectivity index (χ0n) is 19.0. The summed E-state index contributed by atoms with van der Waals surface area (Å²) < 4.78 is 0. The van der Waals surface area contributed by atoms with Gasteiger partial charge in [-0.1, -0.05) is 87.9 Å². The van der Waals surface area contributed by atoms with E-state index in [1.807, 2.05) is 37.8 Å². The number of piperazine rings is 1. The van der Waals surface area contributed by atoms with E-state index in [9.17, 15) is 9.59 Å². The van der Waals surface area contributed by atoms with E-state index in [2.05, 4.69) is 58.7 Å². The molecule has 0 spiro atoms. The number of hydrogen-bond acceptors (Lipinski definition) is 3. The lowest BCUT2D eigenvalue weighted by Crippen LogP contribution is -2.55. The van der Waals surface area contributed by atoms with Crippen LogP contribution in [0.2, 0.25) is 0 Å². The van der Waals surface area contributed by atoms with Gasteiger partial charge in [-0.3, -0.25) is 14.5 Å². The van der Waals surface area contributed by atoms with Crippen molar-refractivity contribution in [2.45, 2.75) is 45.7 Å². The summed E-state index contributed by atoms with van der Waals surface area (Å²) in [6, 6.07) is 20.9. The Bertz CT molecular complexity index is 791. The average Bonchev–Trinajstić information content (AvgIpc) is 2.80. The van der Waals surface area contributed by atoms with Gasteiger partial charge in [-0.05, 0) is 17.5 Å². The van der Waals surface area contributed by atoms with Crippen molar-refractivity contribution in [3.8, 4) is 0 Å². The maximum atomic E-state index is 13.2. The van der Waals surface area contributed by atoms with Crippen molar-refractivity contribution in [2.75, 3.05) is 26.2 Å². The zero-order valence-corrected chi connectivity index (χ0v) is 19.0. The van der Waals surface area contributed by atoms with Gasteiger partial charge in [-0.25, -0.2) is 0 Å². The molecule has 1 fully saturated rings. The molecule has 0 radical (unpaired) electrons. The van der Waals surface area contributed by atoms with E-state index in [0.29, 0.717) is 19.5 Å². The van der Waals surface area contributed by atoms with E-state index in [-0.39, 0.29) is 23.8 Å². The molecular weight excluding hydrogens is 386 g/mol. The Kier molecular flexibility index (Phi) is 8.24. The van der Waals surface area contributed by atoms with Crippen LogP contribution in [0, 0.1) is 5.92 Å². The summed E-state index contributed by atoms with van der Waals surface area (Å²) in [5.41, 5.74) is 2.53. The van der Waals surface area contributed by atoms with Gasteiger partial charge in [0, 0.05) is 32.1 Å². The summed E-state index contributed by atoms with van der Waals surface area (Å²) in [6.45, 7) is 8.71. The molecule has 166 valence electrons. The molecule has 0 saturated carbocycles. The molecule has 2 aromatic carbocycles. The third-order valence-corrected chi connectivity index (χ3v) is 5.94. The summed E-state index contributed by atoms with van der Waals surface area (Å²) in [5, 5.41) is 2.96. The molecule has 2 amide bonds. The van der Waals surface area contributed by atoms with Gasteiger partial charge in [-0.15, -0.1) is 0 Å². The van der Waals surface area contributed by atoms with Crippen molar-refractivity contribution in [3.63, 3.8) is 0 Å². The molecule has 0 aliphatic carbocycles. The molecule has 1 heterocycles. The first-order valence-electron chi connectivity index (χ1n) is 11.4. The summed E-state index contributed by atoms with van der Waals surface area (Å²) in [7, 11) is 0. The van der Waals surface area contributed by atoms with Crippen molar-refractivity contribution >= 4 is 11.8 Å². The maximum Gasteiger partial charge on any atom is 0.245 e. The molecule has 2 aromatic rings. The maximum absolute atomic E-state index is 13.2. The SMILES string of the molecule is CCCC(NC(=O)C(C)C)C(=O)N1CCN(C(c2ccccc2)c2ccccc2)CC1. The first-order valence-corrected chi connectivity index (χ1v) is 11.4. The van der Waals surface area contributed by atoms with Crippen molar-refractivity contribution in [2.24, 2.45) is 5.92 Å². The van der Waals surface area contributed by atoms with Crippen LogP contribution in [-0.4, -0.2) is 53.8 Å². The fourth-order valence-corrected chi connectivity index (χ4v) is 4.19. The molecular formula is C26H35N3O2. The van der Waals surface area contributed by atoms with E-state index in [4.69, 9.17) is 0 Å². The summed E-state index contributed by atoms with van der Waals surface area (Å²) in [5.74, 6) is -0.133. The van der Waals surface area contributed by atoms with Gasteiger partial charge in [0.1, 0.15) is 6.04 Å². The van der Waals surface area contributed by atoms with Gasteiger partial charge < -0.3 is 10.2 Å². The lowest BCUT2D eigenvalue weighted by atomic mass is 9.96. The molecule has 0 bridgehead atoms. The van der Waals surface area contributed by atoms with E-state index >= 15 is 0 Å². The van der Waals surface area contributed by atoms with Gasteiger partial charge in [0.2, 0.25) is 11.8 Å². The van der Waals surface area contributed by atoms with Gasteiger partial charge in [0.15, 0.2) is 0 Å². The van der Waals surface area contributed by atoms with Crippen LogP contribution in [-0.2, 0) is 9.59 Å². The second-order valence-corrected chi connectivity index (χ2v) is 8.59. The van der Waals surface area contributed by atoms with E-state index in [1.54, 1.807) is 0 Å². The van der Waals surface area contributed by atoms with Crippen molar-refractivity contribution in [1.29, 1.82) is 0 Å². The van der Waals surface area contributed by atoms with Crippen molar-refractivity contribution in [1.82, 2.24) is 15.1 Å². The van der Waals surface area contributed by atoms with Crippen LogP contribution in [0.5, 0.6) is 0 Å². The molecule has 1 aliphatic rings. The number of nitrogens with one attached hydrogen (secondary N) is 1. The number of carbonyl (C=O) groups excluding carboxylic acids is 2.